The number of aryl methyl sites for hydroxylation is 4. The lowest BCUT2D eigenvalue weighted by Gasteiger charge is -2.30. The first-order valence-electron chi connectivity index (χ1n) is 16.1. The van der Waals surface area contributed by atoms with Crippen LogP contribution in [-0.2, 0) is 21.7 Å². The number of hydrogen-bond acceptors (Lipinski definition) is 2. The minimum Gasteiger partial charge on any atom is -0.398 e. The predicted octanol–water partition coefficient (Wildman–Crippen LogP) is 11.0. The Morgan fingerprint density at radius 2 is 0.932 bits per heavy atom. The molecule has 1 unspecified atom stereocenters. The Kier molecular flexibility index (Phi) is 10.2. The maximum Gasteiger partial charge on any atom is 0.0373 e. The molecule has 236 valence electrons. The molecule has 1 aliphatic carbocycles. The SMILES string of the molecule is CC(C)(C)c1cccc(C2(C)CC(C)(C)c3cc(C(C)(C)C)ccc32)c1.Cc1cccc(C)c1N.Cc1cccc(C)c1N. The predicted molar refractivity (Wildman–Crippen MR) is 195 cm³/mol. The Morgan fingerprint density at radius 3 is 1.34 bits per heavy atom. The van der Waals surface area contributed by atoms with E-state index in [1.807, 2.05) is 64.1 Å². The molecule has 0 bridgehead atoms. The smallest absolute Gasteiger partial charge is 0.0373 e. The minimum absolute atomic E-state index is 0.0799. The normalized spacial score (nSPS) is 17.1. The van der Waals surface area contributed by atoms with Crippen molar-refractivity contribution in [3.05, 3.63) is 129 Å². The summed E-state index contributed by atoms with van der Waals surface area (Å²) < 4.78 is 0. The summed E-state index contributed by atoms with van der Waals surface area (Å²) in [5, 5.41) is 0. The van der Waals surface area contributed by atoms with Gasteiger partial charge in [0.1, 0.15) is 0 Å². The van der Waals surface area contributed by atoms with E-state index in [4.69, 9.17) is 11.5 Å². The fourth-order valence-electron chi connectivity index (χ4n) is 6.37. The summed E-state index contributed by atoms with van der Waals surface area (Å²) in [5.41, 5.74) is 25.9. The van der Waals surface area contributed by atoms with Crippen LogP contribution in [-0.4, -0.2) is 0 Å². The van der Waals surface area contributed by atoms with Crippen LogP contribution in [0, 0.1) is 27.7 Å². The average molecular weight is 591 g/mol. The van der Waals surface area contributed by atoms with Crippen LogP contribution >= 0.6 is 0 Å². The number of benzene rings is 4. The number of nitrogen functional groups attached to an aromatic ring is 2. The molecule has 0 radical (unpaired) electrons. The summed E-state index contributed by atoms with van der Waals surface area (Å²) in [5.74, 6) is 0. The van der Waals surface area contributed by atoms with Crippen molar-refractivity contribution in [3.63, 3.8) is 0 Å². The molecule has 5 rings (SSSR count). The van der Waals surface area contributed by atoms with E-state index in [2.05, 4.69) is 105 Å². The lowest BCUT2D eigenvalue weighted by Crippen LogP contribution is -2.24. The highest BCUT2D eigenvalue weighted by Crippen LogP contribution is 2.53. The number of nitrogens with two attached hydrogens (primary N) is 2. The Morgan fingerprint density at radius 1 is 0.523 bits per heavy atom. The number of fused-ring (bicyclic) bond motifs is 1. The first-order chi connectivity index (χ1) is 20.2. The third-order valence-electron chi connectivity index (χ3n) is 9.45. The molecule has 0 saturated carbocycles. The van der Waals surface area contributed by atoms with Crippen molar-refractivity contribution in [1.82, 2.24) is 0 Å². The molecule has 0 heterocycles. The molecule has 2 nitrogen and oxygen atoms in total. The summed E-state index contributed by atoms with van der Waals surface area (Å²) in [6, 6.07) is 28.6. The van der Waals surface area contributed by atoms with Crippen molar-refractivity contribution in [2.75, 3.05) is 11.5 Å². The highest BCUT2D eigenvalue weighted by atomic mass is 14.6. The fraction of sp³-hybridized carbons (Fsp3) is 0.429. The second-order valence-corrected chi connectivity index (χ2v) is 15.8. The third kappa shape index (κ3) is 7.76. The highest BCUT2D eigenvalue weighted by molar-refractivity contribution is 5.55. The zero-order valence-corrected chi connectivity index (χ0v) is 29.9. The van der Waals surface area contributed by atoms with Crippen molar-refractivity contribution < 1.29 is 0 Å². The van der Waals surface area contributed by atoms with E-state index < -0.39 is 0 Å². The van der Waals surface area contributed by atoms with Gasteiger partial charge in [-0.3, -0.25) is 0 Å². The molecule has 0 fully saturated rings. The van der Waals surface area contributed by atoms with Crippen LogP contribution in [0.3, 0.4) is 0 Å². The summed E-state index contributed by atoms with van der Waals surface area (Å²) in [4.78, 5) is 0. The van der Waals surface area contributed by atoms with Crippen molar-refractivity contribution in [2.24, 2.45) is 0 Å². The first-order valence-corrected chi connectivity index (χ1v) is 16.1. The Hall–Kier alpha value is -3.52. The van der Waals surface area contributed by atoms with E-state index in [9.17, 15) is 0 Å². The highest BCUT2D eigenvalue weighted by Gasteiger charge is 2.46. The number of rotatable bonds is 1. The molecule has 4 aromatic rings. The van der Waals surface area contributed by atoms with Crippen LogP contribution in [0.4, 0.5) is 11.4 Å². The summed E-state index contributed by atoms with van der Waals surface area (Å²) in [7, 11) is 0. The molecule has 0 aromatic heterocycles. The van der Waals surface area contributed by atoms with E-state index in [1.165, 1.54) is 27.8 Å². The first kappa shape index (κ1) is 35.0. The Bertz CT molecular complexity index is 1500. The van der Waals surface area contributed by atoms with Crippen LogP contribution in [0.5, 0.6) is 0 Å². The molecule has 0 amide bonds. The van der Waals surface area contributed by atoms with Crippen LogP contribution in [0.2, 0.25) is 0 Å². The zero-order valence-electron chi connectivity index (χ0n) is 29.9. The van der Waals surface area contributed by atoms with Gasteiger partial charge in [0.05, 0.1) is 0 Å². The zero-order chi connectivity index (χ0) is 33.3. The molecule has 0 spiro atoms. The van der Waals surface area contributed by atoms with Gasteiger partial charge in [-0.1, -0.05) is 141 Å². The lowest BCUT2D eigenvalue weighted by atomic mass is 9.73. The van der Waals surface area contributed by atoms with Gasteiger partial charge in [0, 0.05) is 16.8 Å². The third-order valence-corrected chi connectivity index (χ3v) is 9.45. The summed E-state index contributed by atoms with van der Waals surface area (Å²) in [6.07, 6.45) is 1.16. The van der Waals surface area contributed by atoms with Gasteiger partial charge in [-0.15, -0.1) is 0 Å². The summed E-state index contributed by atoms with van der Waals surface area (Å²) >= 11 is 0. The standard InChI is InChI=1S/C26H36.2C8H11N/c1-23(2,3)18-11-10-12-20(15-18)26(9)17-25(7,8)22-16-19(24(4,5)6)13-14-21(22)26;2*1-6-4-3-5-7(2)8(6)9/h10-16H,17H2,1-9H3;2*3-5H,9H2,1-2H3. The van der Waals surface area contributed by atoms with Gasteiger partial charge >= 0.3 is 0 Å². The van der Waals surface area contributed by atoms with Gasteiger partial charge in [-0.05, 0) is 100 Å². The van der Waals surface area contributed by atoms with Crippen molar-refractivity contribution in [2.45, 2.75) is 118 Å². The lowest BCUT2D eigenvalue weighted by molar-refractivity contribution is 0.424. The van der Waals surface area contributed by atoms with Crippen LogP contribution in [0.1, 0.15) is 119 Å². The summed E-state index contributed by atoms with van der Waals surface area (Å²) in [6.45, 7) is 29.2. The quantitative estimate of drug-likeness (QED) is 0.217. The van der Waals surface area contributed by atoms with Gasteiger partial charge in [0.2, 0.25) is 0 Å². The average Bonchev–Trinajstić information content (AvgIpc) is 3.15. The molecule has 2 heteroatoms. The molecular formula is C42H58N2. The van der Waals surface area contributed by atoms with E-state index in [1.54, 1.807) is 0 Å². The monoisotopic (exact) mass is 590 g/mol. The van der Waals surface area contributed by atoms with Gasteiger partial charge in [0.15, 0.2) is 0 Å². The van der Waals surface area contributed by atoms with E-state index >= 15 is 0 Å². The van der Waals surface area contributed by atoms with Gasteiger partial charge in [-0.25, -0.2) is 0 Å². The molecule has 1 aliphatic rings. The molecule has 4 aromatic carbocycles. The number of para-hydroxylation sites is 2. The minimum atomic E-state index is 0.0799. The van der Waals surface area contributed by atoms with Gasteiger partial charge in [0.25, 0.3) is 0 Å². The van der Waals surface area contributed by atoms with Crippen molar-refractivity contribution in [3.8, 4) is 0 Å². The molecule has 0 saturated heterocycles. The van der Waals surface area contributed by atoms with E-state index in [-0.39, 0.29) is 21.7 Å². The topological polar surface area (TPSA) is 52.0 Å². The van der Waals surface area contributed by atoms with Crippen LogP contribution in [0.25, 0.3) is 0 Å². The second kappa shape index (κ2) is 12.8. The Balaban J connectivity index is 0.000000238. The van der Waals surface area contributed by atoms with E-state index in [0.717, 1.165) is 40.0 Å². The maximum atomic E-state index is 5.68. The van der Waals surface area contributed by atoms with E-state index in [0.29, 0.717) is 0 Å². The van der Waals surface area contributed by atoms with Crippen molar-refractivity contribution in [1.29, 1.82) is 0 Å². The molecule has 1 atom stereocenters. The van der Waals surface area contributed by atoms with Crippen LogP contribution in [0.15, 0.2) is 78.9 Å². The van der Waals surface area contributed by atoms with Crippen LogP contribution < -0.4 is 11.5 Å². The maximum absolute atomic E-state index is 5.68. The largest absolute Gasteiger partial charge is 0.398 e. The number of hydrogen-bond donors (Lipinski definition) is 2. The molecule has 4 N–H and O–H groups in total. The van der Waals surface area contributed by atoms with Gasteiger partial charge < -0.3 is 11.5 Å². The Labute approximate surface area is 269 Å². The molecule has 44 heavy (non-hydrogen) atoms. The molecular weight excluding hydrogens is 532 g/mol. The fourth-order valence-corrected chi connectivity index (χ4v) is 6.37. The molecule has 0 aliphatic heterocycles. The second-order valence-electron chi connectivity index (χ2n) is 15.8. The number of anilines is 2. The van der Waals surface area contributed by atoms with Gasteiger partial charge in [-0.2, -0.15) is 0 Å². The van der Waals surface area contributed by atoms with Crippen molar-refractivity contribution >= 4 is 11.4 Å².